The fourth-order valence-corrected chi connectivity index (χ4v) is 5.10. The molecule has 0 bridgehead atoms. The van der Waals surface area contributed by atoms with Crippen molar-refractivity contribution >= 4 is 24.0 Å². The van der Waals surface area contributed by atoms with Crippen LogP contribution < -0.4 is 5.32 Å². The number of alkyl carbamates (subject to hydrolysis) is 1. The highest BCUT2D eigenvalue weighted by Crippen LogP contribution is 2.49. The first-order valence-electron chi connectivity index (χ1n) is 13.4. The number of rotatable bonds is 16. The van der Waals surface area contributed by atoms with Gasteiger partial charge >= 0.3 is 24.0 Å². The molecule has 2 atom stereocenters. The zero-order valence-corrected chi connectivity index (χ0v) is 23.9. The number of hydrogen-bond acceptors (Lipinski definition) is 8. The van der Waals surface area contributed by atoms with Crippen LogP contribution in [0.1, 0.15) is 86.0 Å². The second-order valence-electron chi connectivity index (χ2n) is 11.6. The molecule has 1 fully saturated rings. The molecule has 1 aliphatic rings. The quantitative estimate of drug-likeness (QED) is 0.122. The molecule has 1 rings (SSSR count). The number of carbonyl (C=O) groups excluding carboxylic acids is 4. The maximum Gasteiger partial charge on any atom is 0.407 e. The van der Waals surface area contributed by atoms with Crippen LogP contribution >= 0.6 is 0 Å². The fourth-order valence-electron chi connectivity index (χ4n) is 5.10. The molecular weight excluding hydrogens is 490 g/mol. The van der Waals surface area contributed by atoms with Gasteiger partial charge < -0.3 is 24.3 Å². The Labute approximate surface area is 227 Å². The van der Waals surface area contributed by atoms with E-state index >= 15 is 0 Å². The Morgan fingerprint density at radius 1 is 0.763 bits per heavy atom. The third-order valence-corrected chi connectivity index (χ3v) is 6.38. The van der Waals surface area contributed by atoms with E-state index < -0.39 is 18.0 Å². The molecule has 1 aliphatic carbocycles. The van der Waals surface area contributed by atoms with E-state index in [0.717, 1.165) is 19.3 Å². The van der Waals surface area contributed by atoms with Crippen LogP contribution in [-0.2, 0) is 33.3 Å². The van der Waals surface area contributed by atoms with E-state index in [1.807, 2.05) is 0 Å². The van der Waals surface area contributed by atoms with Gasteiger partial charge in [0.1, 0.15) is 0 Å². The van der Waals surface area contributed by atoms with Crippen LogP contribution in [0.25, 0.3) is 0 Å². The maximum atomic E-state index is 12.5. The summed E-state index contributed by atoms with van der Waals surface area (Å²) in [7, 11) is 0. The summed E-state index contributed by atoms with van der Waals surface area (Å²) >= 11 is 0. The van der Waals surface area contributed by atoms with E-state index in [1.54, 1.807) is 13.8 Å². The number of carbonyl (C=O) groups is 4. The largest absolute Gasteiger partial charge is 0.466 e. The Morgan fingerprint density at radius 3 is 1.74 bits per heavy atom. The van der Waals surface area contributed by atoms with E-state index in [9.17, 15) is 19.2 Å². The third-order valence-electron chi connectivity index (χ3n) is 6.38. The van der Waals surface area contributed by atoms with Crippen molar-refractivity contribution in [2.24, 2.45) is 16.7 Å². The lowest BCUT2D eigenvalue weighted by Gasteiger charge is -2.46. The Bertz CT molecular complexity index is 850. The molecule has 0 aromatic heterocycles. The van der Waals surface area contributed by atoms with Crippen LogP contribution in [-0.4, -0.2) is 57.0 Å². The number of unbranched alkanes of at least 4 members (excludes halogenated alkanes) is 2. The molecule has 216 valence electrons. The summed E-state index contributed by atoms with van der Waals surface area (Å²) in [6, 6.07) is 0. The van der Waals surface area contributed by atoms with Crippen molar-refractivity contribution in [3.8, 4) is 0 Å². The summed E-state index contributed by atoms with van der Waals surface area (Å²) in [6.07, 6.45) is 4.92. The zero-order valence-electron chi connectivity index (χ0n) is 23.9. The molecule has 9 heteroatoms. The molecular formula is C29H47NO8. The van der Waals surface area contributed by atoms with E-state index in [4.69, 9.17) is 18.9 Å². The molecule has 1 amide bonds. The summed E-state index contributed by atoms with van der Waals surface area (Å²) in [5, 5.41) is 2.88. The molecule has 0 heterocycles. The minimum absolute atomic E-state index is 0.0257. The Hall–Kier alpha value is -2.84. The van der Waals surface area contributed by atoms with Crippen molar-refractivity contribution in [3.63, 3.8) is 0 Å². The monoisotopic (exact) mass is 537 g/mol. The normalized spacial score (nSPS) is 20.1. The molecule has 0 aliphatic heterocycles. The molecule has 38 heavy (non-hydrogen) atoms. The van der Waals surface area contributed by atoms with E-state index in [1.165, 1.54) is 0 Å². The molecule has 9 nitrogen and oxygen atoms in total. The highest BCUT2D eigenvalue weighted by atomic mass is 16.6. The second-order valence-corrected chi connectivity index (χ2v) is 11.6. The Balaban J connectivity index is 2.34. The van der Waals surface area contributed by atoms with Gasteiger partial charge in [-0.1, -0.05) is 33.9 Å². The lowest BCUT2D eigenvalue weighted by atomic mass is 9.60. The van der Waals surface area contributed by atoms with Crippen LogP contribution in [0.3, 0.4) is 0 Å². The smallest absolute Gasteiger partial charge is 0.407 e. The van der Waals surface area contributed by atoms with Crippen molar-refractivity contribution in [3.05, 3.63) is 24.3 Å². The van der Waals surface area contributed by atoms with Gasteiger partial charge in [-0.15, -0.1) is 0 Å². The van der Waals surface area contributed by atoms with Gasteiger partial charge in [0.2, 0.25) is 0 Å². The van der Waals surface area contributed by atoms with Gasteiger partial charge in [-0.05, 0) is 75.5 Å². The van der Waals surface area contributed by atoms with Crippen LogP contribution in [0.2, 0.25) is 0 Å². The molecule has 2 unspecified atom stereocenters. The third kappa shape index (κ3) is 14.2. The number of hydrogen-bond donors (Lipinski definition) is 1. The summed E-state index contributed by atoms with van der Waals surface area (Å²) in [6.45, 7) is 18.3. The first-order chi connectivity index (χ1) is 17.7. The zero-order chi connectivity index (χ0) is 28.8. The van der Waals surface area contributed by atoms with E-state index in [0.29, 0.717) is 56.4 Å². The molecule has 0 spiro atoms. The summed E-state index contributed by atoms with van der Waals surface area (Å²) in [5.74, 6) is -0.896. The predicted molar refractivity (Wildman–Crippen MR) is 144 cm³/mol. The first kappa shape index (κ1) is 33.2. The highest BCUT2D eigenvalue weighted by Gasteiger charge is 2.42. The summed E-state index contributed by atoms with van der Waals surface area (Å²) in [5.41, 5.74) is 0.574. The highest BCUT2D eigenvalue weighted by molar-refractivity contribution is 5.87. The van der Waals surface area contributed by atoms with Gasteiger partial charge in [0.25, 0.3) is 0 Å². The van der Waals surface area contributed by atoms with Gasteiger partial charge in [0, 0.05) is 24.1 Å². The predicted octanol–water partition coefficient (Wildman–Crippen LogP) is 5.28. The number of nitrogens with one attached hydrogen (secondary N) is 1. The first-order valence-corrected chi connectivity index (χ1v) is 13.4. The van der Waals surface area contributed by atoms with Gasteiger partial charge in [0.05, 0.1) is 26.4 Å². The minimum atomic E-state index is -0.474. The van der Waals surface area contributed by atoms with Crippen molar-refractivity contribution in [1.29, 1.82) is 0 Å². The topological polar surface area (TPSA) is 117 Å². The van der Waals surface area contributed by atoms with Gasteiger partial charge in [-0.2, -0.15) is 0 Å². The molecule has 0 aromatic rings. The van der Waals surface area contributed by atoms with Crippen molar-refractivity contribution in [2.45, 2.75) is 86.0 Å². The fraction of sp³-hybridized carbons (Fsp3) is 0.724. The van der Waals surface area contributed by atoms with E-state index in [-0.39, 0.29) is 42.5 Å². The van der Waals surface area contributed by atoms with Crippen molar-refractivity contribution in [1.82, 2.24) is 5.32 Å². The number of esters is 3. The minimum Gasteiger partial charge on any atom is -0.466 e. The average Bonchev–Trinajstić information content (AvgIpc) is 2.80. The van der Waals surface area contributed by atoms with E-state index in [2.05, 4.69) is 39.2 Å². The number of ether oxygens (including phenoxy) is 4. The van der Waals surface area contributed by atoms with Crippen LogP contribution in [0.5, 0.6) is 0 Å². The lowest BCUT2D eigenvalue weighted by Crippen LogP contribution is -2.44. The van der Waals surface area contributed by atoms with Crippen LogP contribution in [0.15, 0.2) is 24.3 Å². The molecule has 1 N–H and O–H groups in total. The Kier molecular flexibility index (Phi) is 14.1. The van der Waals surface area contributed by atoms with Gasteiger partial charge in [0.15, 0.2) is 0 Å². The maximum absolute atomic E-state index is 12.5. The molecule has 0 radical (unpaired) electrons. The van der Waals surface area contributed by atoms with Crippen LogP contribution in [0, 0.1) is 16.7 Å². The van der Waals surface area contributed by atoms with Crippen molar-refractivity contribution < 1.29 is 38.1 Å². The SMILES string of the molecule is C=C(C)C(=O)OCCCCOC(=O)CC1CC(C)(C)CC(C)(CNC(=O)OCCCCOC(=O)C(=C)C)C1. The van der Waals surface area contributed by atoms with Gasteiger partial charge in [-0.25, -0.2) is 14.4 Å². The molecule has 0 aromatic carbocycles. The van der Waals surface area contributed by atoms with Crippen molar-refractivity contribution in [2.75, 3.05) is 33.0 Å². The summed E-state index contributed by atoms with van der Waals surface area (Å²) in [4.78, 5) is 47.4. The Morgan fingerprint density at radius 2 is 1.24 bits per heavy atom. The lowest BCUT2D eigenvalue weighted by molar-refractivity contribution is -0.146. The molecule has 0 saturated heterocycles. The van der Waals surface area contributed by atoms with Crippen LogP contribution in [0.4, 0.5) is 4.79 Å². The standard InChI is InChI=1S/C29H47NO8/c1-21(2)25(32)36-13-9-8-12-35-24(31)16-23-17-28(5,6)19-29(7,18-23)20-30-27(34)38-15-11-10-14-37-26(33)22(3)4/h23H,1,3,8-20H2,2,4-7H3,(H,30,34). The molecule has 1 saturated carbocycles. The second kappa shape index (κ2) is 16.2. The summed E-state index contributed by atoms with van der Waals surface area (Å²) < 4.78 is 20.7. The van der Waals surface area contributed by atoms with Gasteiger partial charge in [-0.3, -0.25) is 4.79 Å². The average molecular weight is 538 g/mol. The number of amides is 1.